The molecule has 3 atom stereocenters. The fourth-order valence-corrected chi connectivity index (χ4v) is 2.30. The lowest BCUT2D eigenvalue weighted by molar-refractivity contribution is -0.123. The number of hydrogen-bond donors (Lipinski definition) is 3. The number of amides is 2. The zero-order valence-corrected chi connectivity index (χ0v) is 12.2. The summed E-state index contributed by atoms with van der Waals surface area (Å²) < 4.78 is 0. The van der Waals surface area contributed by atoms with Gasteiger partial charge in [0.05, 0.1) is 12.6 Å². The maximum absolute atomic E-state index is 11.8. The second-order valence-electron chi connectivity index (χ2n) is 5.57. The molecule has 1 aliphatic carbocycles. The van der Waals surface area contributed by atoms with Crippen LogP contribution in [0.1, 0.15) is 31.4 Å². The van der Waals surface area contributed by atoms with Crippen LogP contribution >= 0.6 is 0 Å². The lowest BCUT2D eigenvalue weighted by Gasteiger charge is -2.16. The molecular formula is C16H22N2O3. The summed E-state index contributed by atoms with van der Waals surface area (Å²) in [5.74, 6) is 0.456. The number of benzene rings is 1. The van der Waals surface area contributed by atoms with Crippen molar-refractivity contribution in [1.82, 2.24) is 10.6 Å². The highest BCUT2D eigenvalue weighted by molar-refractivity contribution is 5.82. The van der Waals surface area contributed by atoms with Gasteiger partial charge in [-0.05, 0) is 17.9 Å². The van der Waals surface area contributed by atoms with Crippen LogP contribution in [0.4, 0.5) is 0 Å². The molecule has 3 N–H and O–H groups in total. The predicted molar refractivity (Wildman–Crippen MR) is 79.3 cm³/mol. The quantitative estimate of drug-likeness (QED) is 0.701. The lowest BCUT2D eigenvalue weighted by atomic mass is 10.1. The van der Waals surface area contributed by atoms with Crippen molar-refractivity contribution in [3.63, 3.8) is 0 Å². The van der Waals surface area contributed by atoms with Gasteiger partial charge in [-0.1, -0.05) is 37.3 Å². The van der Waals surface area contributed by atoms with Gasteiger partial charge in [0, 0.05) is 18.9 Å². The van der Waals surface area contributed by atoms with E-state index in [2.05, 4.69) is 10.6 Å². The molecule has 21 heavy (non-hydrogen) atoms. The smallest absolute Gasteiger partial charge is 0.223 e. The molecule has 0 aliphatic heterocycles. The fraction of sp³-hybridized carbons (Fsp3) is 0.500. The van der Waals surface area contributed by atoms with Crippen LogP contribution in [0.3, 0.4) is 0 Å². The highest BCUT2D eigenvalue weighted by Crippen LogP contribution is 2.37. The Bertz CT molecular complexity index is 490. The summed E-state index contributed by atoms with van der Waals surface area (Å²) in [6, 6.07) is 8.92. The Morgan fingerprint density at radius 3 is 2.57 bits per heavy atom. The normalized spacial score (nSPS) is 21.4. The molecule has 0 spiro atoms. The molecule has 1 fully saturated rings. The Balaban J connectivity index is 1.72. The number of aliphatic hydroxyl groups excluding tert-OH is 1. The summed E-state index contributed by atoms with van der Waals surface area (Å²) in [5, 5.41) is 14.9. The highest BCUT2D eigenvalue weighted by Gasteiger charge is 2.38. The van der Waals surface area contributed by atoms with Crippen LogP contribution in [0.15, 0.2) is 30.3 Å². The molecule has 0 heterocycles. The molecule has 1 aromatic rings. The number of nitrogens with one attached hydrogen (secondary N) is 2. The number of carbonyl (C=O) groups is 2. The van der Waals surface area contributed by atoms with Crippen LogP contribution in [-0.2, 0) is 9.59 Å². The van der Waals surface area contributed by atoms with Gasteiger partial charge >= 0.3 is 0 Å². The first-order valence-corrected chi connectivity index (χ1v) is 7.34. The van der Waals surface area contributed by atoms with Crippen LogP contribution in [0, 0.1) is 11.8 Å². The zero-order chi connectivity index (χ0) is 15.2. The van der Waals surface area contributed by atoms with Crippen LogP contribution in [0.25, 0.3) is 0 Å². The van der Waals surface area contributed by atoms with Crippen LogP contribution in [0.2, 0.25) is 0 Å². The fourth-order valence-electron chi connectivity index (χ4n) is 2.30. The van der Waals surface area contributed by atoms with E-state index in [1.165, 1.54) is 0 Å². The predicted octanol–water partition coefficient (Wildman–Crippen LogP) is 0.998. The van der Waals surface area contributed by atoms with E-state index in [1.54, 1.807) is 0 Å². The Labute approximate surface area is 124 Å². The van der Waals surface area contributed by atoms with Gasteiger partial charge in [-0.3, -0.25) is 9.59 Å². The van der Waals surface area contributed by atoms with E-state index in [9.17, 15) is 14.7 Å². The van der Waals surface area contributed by atoms with Crippen molar-refractivity contribution in [2.45, 2.75) is 25.8 Å². The summed E-state index contributed by atoms with van der Waals surface area (Å²) in [6.45, 7) is 2.23. The van der Waals surface area contributed by atoms with Gasteiger partial charge in [0.15, 0.2) is 0 Å². The van der Waals surface area contributed by atoms with Crippen molar-refractivity contribution < 1.29 is 14.7 Å². The minimum absolute atomic E-state index is 0.0390. The van der Waals surface area contributed by atoms with E-state index in [1.807, 2.05) is 37.3 Å². The first-order valence-electron chi connectivity index (χ1n) is 7.34. The first kappa shape index (κ1) is 15.5. The highest BCUT2D eigenvalue weighted by atomic mass is 16.3. The van der Waals surface area contributed by atoms with E-state index in [0.717, 1.165) is 12.0 Å². The molecule has 0 aromatic heterocycles. The number of rotatable bonds is 7. The van der Waals surface area contributed by atoms with E-state index in [4.69, 9.17) is 0 Å². The van der Waals surface area contributed by atoms with Crippen molar-refractivity contribution >= 4 is 11.8 Å². The van der Waals surface area contributed by atoms with E-state index in [-0.39, 0.29) is 30.8 Å². The molecule has 0 radical (unpaired) electrons. The summed E-state index contributed by atoms with van der Waals surface area (Å²) in [5.41, 5.74) is 0.865. The summed E-state index contributed by atoms with van der Waals surface area (Å²) in [4.78, 5) is 23.5. The minimum atomic E-state index is -0.405. The van der Waals surface area contributed by atoms with Gasteiger partial charge in [0.25, 0.3) is 0 Å². The van der Waals surface area contributed by atoms with Crippen LogP contribution in [-0.4, -0.2) is 30.1 Å². The average molecular weight is 290 g/mol. The lowest BCUT2D eigenvalue weighted by Crippen LogP contribution is -2.34. The molecule has 5 heteroatoms. The van der Waals surface area contributed by atoms with Gasteiger partial charge in [-0.15, -0.1) is 0 Å². The first-order chi connectivity index (χ1) is 10.1. The molecule has 2 rings (SSSR count). The number of aliphatic hydroxyl groups is 1. The molecule has 2 amide bonds. The summed E-state index contributed by atoms with van der Waals surface area (Å²) >= 11 is 0. The van der Waals surface area contributed by atoms with E-state index in [0.29, 0.717) is 12.5 Å². The molecule has 0 bridgehead atoms. The molecular weight excluding hydrogens is 268 g/mol. The molecule has 114 valence electrons. The third kappa shape index (κ3) is 4.56. The SMILES string of the molecule is CC1CC1C(=O)NCCC(=O)NC(CO)c1ccccc1. The molecule has 1 saturated carbocycles. The standard InChI is InChI=1S/C16H22N2O3/c1-11-9-13(11)16(21)17-8-7-15(20)18-14(10-19)12-5-3-2-4-6-12/h2-6,11,13-14,19H,7-10H2,1H3,(H,17,21)(H,18,20). The van der Waals surface area contributed by atoms with Gasteiger partial charge in [-0.25, -0.2) is 0 Å². The number of carbonyl (C=O) groups excluding carboxylic acids is 2. The van der Waals surface area contributed by atoms with Crippen molar-refractivity contribution in [1.29, 1.82) is 0 Å². The summed E-state index contributed by atoms with van der Waals surface area (Å²) in [6.07, 6.45) is 1.16. The van der Waals surface area contributed by atoms with Crippen molar-refractivity contribution in [3.05, 3.63) is 35.9 Å². The topological polar surface area (TPSA) is 78.4 Å². The summed E-state index contributed by atoms with van der Waals surface area (Å²) in [7, 11) is 0. The molecule has 1 aromatic carbocycles. The van der Waals surface area contributed by atoms with Gasteiger partial charge in [0.1, 0.15) is 0 Å². The monoisotopic (exact) mass is 290 g/mol. The second-order valence-corrected chi connectivity index (χ2v) is 5.57. The Morgan fingerprint density at radius 2 is 2.00 bits per heavy atom. The largest absolute Gasteiger partial charge is 0.394 e. The van der Waals surface area contributed by atoms with Crippen LogP contribution < -0.4 is 10.6 Å². The van der Waals surface area contributed by atoms with Gasteiger partial charge in [-0.2, -0.15) is 0 Å². The van der Waals surface area contributed by atoms with Gasteiger partial charge < -0.3 is 15.7 Å². The van der Waals surface area contributed by atoms with Gasteiger partial charge in [0.2, 0.25) is 11.8 Å². The molecule has 1 aliphatic rings. The molecule has 3 unspecified atom stereocenters. The molecule has 0 saturated heterocycles. The average Bonchev–Trinajstić information content (AvgIpc) is 3.22. The maximum Gasteiger partial charge on any atom is 0.223 e. The van der Waals surface area contributed by atoms with Crippen LogP contribution in [0.5, 0.6) is 0 Å². The third-order valence-corrected chi connectivity index (χ3v) is 3.82. The maximum atomic E-state index is 11.8. The Morgan fingerprint density at radius 1 is 1.33 bits per heavy atom. The van der Waals surface area contributed by atoms with Crippen molar-refractivity contribution in [2.24, 2.45) is 11.8 Å². The number of hydrogen-bond acceptors (Lipinski definition) is 3. The van der Waals surface area contributed by atoms with Crippen molar-refractivity contribution in [3.8, 4) is 0 Å². The third-order valence-electron chi connectivity index (χ3n) is 3.82. The second kappa shape index (κ2) is 7.22. The molecule has 5 nitrogen and oxygen atoms in total. The Kier molecular flexibility index (Phi) is 5.33. The van der Waals surface area contributed by atoms with E-state index < -0.39 is 6.04 Å². The minimum Gasteiger partial charge on any atom is -0.394 e. The Hall–Kier alpha value is -1.88. The zero-order valence-electron chi connectivity index (χ0n) is 12.2. The van der Waals surface area contributed by atoms with Crippen molar-refractivity contribution in [2.75, 3.05) is 13.2 Å². The van der Waals surface area contributed by atoms with E-state index >= 15 is 0 Å².